The number of fused-ring (bicyclic) bond motifs is 2. The van der Waals surface area contributed by atoms with E-state index >= 15 is 4.39 Å². The molecule has 0 spiro atoms. The quantitative estimate of drug-likeness (QED) is 0.178. The summed E-state index contributed by atoms with van der Waals surface area (Å²) in [5.41, 5.74) is 1.68. The first-order chi connectivity index (χ1) is 27.7. The number of alkyl halides is 1. The molecule has 1 N–H and O–H groups in total. The molecule has 3 fully saturated rings. The van der Waals surface area contributed by atoms with Crippen LogP contribution < -0.4 is 9.64 Å². The van der Waals surface area contributed by atoms with Gasteiger partial charge in [-0.05, 0) is 57.4 Å². The number of carbonyl (C=O) groups is 2. The lowest BCUT2D eigenvalue weighted by Gasteiger charge is -2.27. The third-order valence-electron chi connectivity index (χ3n) is 10.8. The Balaban J connectivity index is 1.17. The van der Waals surface area contributed by atoms with Crippen LogP contribution in [0.1, 0.15) is 46.5 Å². The van der Waals surface area contributed by atoms with E-state index in [2.05, 4.69) is 31.7 Å². The first-order valence-corrected chi connectivity index (χ1v) is 20.4. The van der Waals surface area contributed by atoms with Gasteiger partial charge in [0.25, 0.3) is 5.91 Å². The summed E-state index contributed by atoms with van der Waals surface area (Å²) in [6, 6.07) is 9.74. The Kier molecular flexibility index (Phi) is 12.3. The zero-order valence-corrected chi connectivity index (χ0v) is 34.7. The van der Waals surface area contributed by atoms with Crippen LogP contribution in [0.3, 0.4) is 0 Å². The normalized spacial score (nSPS) is 22.3. The fraction of sp³-hybridized carbons (Fsp3) is 0.476. The number of hydrogen-bond donors (Lipinski definition) is 1. The number of ether oxygens (including phenoxy) is 2. The molecular weight excluding hydrogens is 784 g/mol. The number of likely N-dealkylation sites (N-methyl/N-ethyl adjacent to an activating group) is 1. The smallest absolute Gasteiger partial charge is 0.411 e. The number of aromatic nitrogens is 3. The standard InChI is InChI=1S/C42H46ClF2N7O5Si/c1-42(2,3)57-41(55)52-23-30(53)19-27(52)12-13-34(54)51-16-14-28(22-51)49(4)39-32-20-46-37(31-10-5-8-25-9-6-11-33(43)35(25)31)36(45)38(32)47-40(48-39)56-24-29-18-26(44)21-50(29)15-7-17-58/h5-6,8-11,17,20,26-30,53H,7,14-16,18-19,21-24H2,1-4H3/t26-,27-,28-,29+,30-/m1/s1. The van der Waals surface area contributed by atoms with E-state index in [1.54, 1.807) is 37.8 Å². The Hall–Kier alpha value is -4.75. The molecule has 5 heterocycles. The maximum absolute atomic E-state index is 16.9. The van der Waals surface area contributed by atoms with Crippen LogP contribution in [-0.4, -0.2) is 145 Å². The number of rotatable bonds is 9. The Bertz CT molecular complexity index is 2280. The molecule has 3 saturated heterocycles. The van der Waals surface area contributed by atoms with Gasteiger partial charge in [-0.15, -0.1) is 5.67 Å². The van der Waals surface area contributed by atoms with Crippen molar-refractivity contribution < 1.29 is 33.0 Å². The summed E-state index contributed by atoms with van der Waals surface area (Å²) in [7, 11) is 5.20. The van der Waals surface area contributed by atoms with E-state index in [1.165, 1.54) is 11.1 Å². The number of pyridine rings is 1. The molecule has 304 valence electrons. The number of amides is 2. The summed E-state index contributed by atoms with van der Waals surface area (Å²) in [5, 5.41) is 12.6. The topological polar surface area (TPSA) is 124 Å². The van der Waals surface area contributed by atoms with Crippen molar-refractivity contribution in [1.82, 2.24) is 29.7 Å². The average molecular weight is 830 g/mol. The monoisotopic (exact) mass is 829 g/mol. The van der Waals surface area contributed by atoms with Crippen molar-refractivity contribution in [2.24, 2.45) is 0 Å². The molecule has 0 bridgehead atoms. The molecule has 3 aliphatic heterocycles. The zero-order chi connectivity index (χ0) is 41.3. The van der Waals surface area contributed by atoms with E-state index in [9.17, 15) is 19.1 Å². The van der Waals surface area contributed by atoms with E-state index in [-0.39, 0.29) is 55.4 Å². The van der Waals surface area contributed by atoms with Gasteiger partial charge in [0.15, 0.2) is 5.82 Å². The number of β-amino-alcohol motifs (C(OH)–C–C–N with tert-alkyl or cyclic N) is 1. The summed E-state index contributed by atoms with van der Waals surface area (Å²) in [6.45, 7) is 7.05. The molecule has 4 aromatic rings. The number of benzene rings is 2. The van der Waals surface area contributed by atoms with Crippen molar-refractivity contribution in [2.75, 3.05) is 51.3 Å². The molecule has 5 atom stereocenters. The van der Waals surface area contributed by atoms with Gasteiger partial charge in [0.05, 0.1) is 24.1 Å². The van der Waals surface area contributed by atoms with Crippen molar-refractivity contribution in [2.45, 2.75) is 82.5 Å². The van der Waals surface area contributed by atoms with Gasteiger partial charge in [-0.25, -0.2) is 13.6 Å². The van der Waals surface area contributed by atoms with E-state index in [4.69, 9.17) is 26.1 Å². The Morgan fingerprint density at radius 2 is 1.91 bits per heavy atom. The minimum atomic E-state index is -0.993. The first-order valence-electron chi connectivity index (χ1n) is 19.5. The Morgan fingerprint density at radius 3 is 2.67 bits per heavy atom. The second-order valence-corrected chi connectivity index (χ2v) is 16.9. The van der Waals surface area contributed by atoms with Crippen LogP contribution in [0.4, 0.5) is 19.4 Å². The molecular formula is C42H46ClF2N7O5Si. The highest BCUT2D eigenvalue weighted by atomic mass is 35.5. The van der Waals surface area contributed by atoms with Crippen LogP contribution in [0.25, 0.3) is 32.9 Å². The molecule has 0 unspecified atom stereocenters. The number of aliphatic hydroxyl groups is 1. The van der Waals surface area contributed by atoms with Crippen LogP contribution in [0.5, 0.6) is 6.01 Å². The highest BCUT2D eigenvalue weighted by Gasteiger charge is 2.37. The van der Waals surface area contributed by atoms with Crippen LogP contribution >= 0.6 is 11.6 Å². The molecule has 2 amide bonds. The van der Waals surface area contributed by atoms with Crippen molar-refractivity contribution in [1.29, 1.82) is 0 Å². The van der Waals surface area contributed by atoms with Gasteiger partial charge in [0.1, 0.15) is 35.4 Å². The number of nitrogens with zero attached hydrogens (tertiary/aromatic N) is 7. The number of aliphatic hydroxyl groups excluding tert-OH is 1. The van der Waals surface area contributed by atoms with Crippen molar-refractivity contribution in [3.63, 3.8) is 0 Å². The molecule has 0 aliphatic carbocycles. The van der Waals surface area contributed by atoms with E-state index in [0.717, 1.165) is 11.8 Å². The minimum absolute atomic E-state index is 0.00807. The van der Waals surface area contributed by atoms with Crippen LogP contribution in [0, 0.1) is 17.7 Å². The summed E-state index contributed by atoms with van der Waals surface area (Å²) in [4.78, 5) is 47.0. The lowest BCUT2D eigenvalue weighted by Crippen LogP contribution is -2.40. The summed E-state index contributed by atoms with van der Waals surface area (Å²) < 4.78 is 43.1. The third-order valence-corrected chi connectivity index (χ3v) is 11.4. The molecule has 3 aliphatic rings. The number of hydrogen-bond acceptors (Lipinski definition) is 10. The largest absolute Gasteiger partial charge is 0.462 e. The molecule has 2 aromatic carbocycles. The molecule has 2 radical (unpaired) electrons. The van der Waals surface area contributed by atoms with Crippen LogP contribution in [-0.2, 0) is 9.53 Å². The van der Waals surface area contributed by atoms with Gasteiger partial charge in [0.2, 0.25) is 0 Å². The minimum Gasteiger partial charge on any atom is -0.462 e. The third kappa shape index (κ3) is 8.95. The van der Waals surface area contributed by atoms with E-state index < -0.39 is 41.7 Å². The second-order valence-electron chi connectivity index (χ2n) is 16.1. The predicted octanol–water partition coefficient (Wildman–Crippen LogP) is 5.20. The molecule has 7 rings (SSSR count). The summed E-state index contributed by atoms with van der Waals surface area (Å²) in [5.74, 6) is 4.83. The number of halogens is 3. The van der Waals surface area contributed by atoms with Gasteiger partial charge in [-0.1, -0.05) is 47.9 Å². The van der Waals surface area contributed by atoms with Gasteiger partial charge in [-0.2, -0.15) is 9.97 Å². The van der Waals surface area contributed by atoms with Gasteiger partial charge in [0, 0.05) is 83.8 Å². The van der Waals surface area contributed by atoms with Gasteiger partial charge in [-0.3, -0.25) is 19.6 Å². The molecule has 2 aromatic heterocycles. The maximum atomic E-state index is 16.9. The van der Waals surface area contributed by atoms with E-state index in [0.29, 0.717) is 59.7 Å². The van der Waals surface area contributed by atoms with Crippen molar-refractivity contribution >= 4 is 66.6 Å². The first kappa shape index (κ1) is 41.4. The van der Waals surface area contributed by atoms with Crippen LogP contribution in [0.2, 0.25) is 5.02 Å². The highest BCUT2D eigenvalue weighted by molar-refractivity contribution is 6.36. The molecule has 58 heavy (non-hydrogen) atoms. The average Bonchev–Trinajstić information content (AvgIpc) is 3.92. The number of carbonyl (C=O) groups excluding carboxylic acids is 2. The number of likely N-dealkylation sites (tertiary alicyclic amines) is 3. The van der Waals surface area contributed by atoms with Crippen molar-refractivity contribution in [3.8, 4) is 29.1 Å². The Labute approximate surface area is 344 Å². The fourth-order valence-corrected chi connectivity index (χ4v) is 8.33. The molecule has 16 heteroatoms. The predicted molar refractivity (Wildman–Crippen MR) is 221 cm³/mol. The lowest BCUT2D eigenvalue weighted by molar-refractivity contribution is -0.124. The highest BCUT2D eigenvalue weighted by Crippen LogP contribution is 2.38. The van der Waals surface area contributed by atoms with Gasteiger partial charge >= 0.3 is 12.1 Å². The van der Waals surface area contributed by atoms with Crippen molar-refractivity contribution in [3.05, 3.63) is 53.4 Å². The van der Waals surface area contributed by atoms with Crippen LogP contribution in [0.15, 0.2) is 42.6 Å². The lowest BCUT2D eigenvalue weighted by atomic mass is 10.0. The van der Waals surface area contributed by atoms with E-state index in [1.807, 2.05) is 46.8 Å². The second kappa shape index (κ2) is 17.2. The van der Waals surface area contributed by atoms with Gasteiger partial charge < -0.3 is 24.4 Å². The molecule has 12 nitrogen and oxygen atoms in total. The molecule has 0 saturated carbocycles. The zero-order valence-electron chi connectivity index (χ0n) is 32.9. The SMILES string of the molecule is CN(c1nc(OC[C@@H]2C[C@@H](F)CN2CCC=[Si])nc2c(F)c(-c3cccc4cccc(Cl)c34)ncc12)[C@@H]1CCN(C(=O)C#C[C@@H]2C[C@@H](O)CN2C(=O)OC(C)(C)C)C1. The fourth-order valence-electron chi connectivity index (χ4n) is 7.92. The maximum Gasteiger partial charge on any atom is 0.411 e. The number of anilines is 1. The summed E-state index contributed by atoms with van der Waals surface area (Å²) >= 11 is 6.63. The summed E-state index contributed by atoms with van der Waals surface area (Å²) in [6.07, 6.45) is 0.948. The Morgan fingerprint density at radius 1 is 1.14 bits per heavy atom.